The minimum absolute atomic E-state index is 0.186. The van der Waals surface area contributed by atoms with Gasteiger partial charge in [-0.1, -0.05) is 12.1 Å². The molecule has 0 amide bonds. The van der Waals surface area contributed by atoms with Crippen LogP contribution in [-0.4, -0.2) is 12.6 Å². The topological polar surface area (TPSA) is 27.0 Å². The van der Waals surface area contributed by atoms with Crippen molar-refractivity contribution in [3.05, 3.63) is 29.8 Å². The summed E-state index contributed by atoms with van der Waals surface area (Å²) in [5, 5.41) is 8.98. The van der Waals surface area contributed by atoms with Crippen molar-refractivity contribution < 1.29 is 0 Å². The molecule has 0 aromatic heterocycles. The lowest BCUT2D eigenvalue weighted by molar-refractivity contribution is 0.615. The summed E-state index contributed by atoms with van der Waals surface area (Å²) in [4.78, 5) is 2.33. The monoisotopic (exact) mass is 200 g/mol. The molecule has 2 unspecified atom stereocenters. The molecule has 1 saturated heterocycles. The molecule has 1 aliphatic heterocycles. The zero-order valence-corrected chi connectivity index (χ0v) is 9.27. The van der Waals surface area contributed by atoms with Crippen molar-refractivity contribution >= 4 is 5.69 Å². The summed E-state index contributed by atoms with van der Waals surface area (Å²) in [7, 11) is 0. The van der Waals surface area contributed by atoms with E-state index in [1.165, 1.54) is 11.3 Å². The van der Waals surface area contributed by atoms with E-state index < -0.39 is 0 Å². The summed E-state index contributed by atoms with van der Waals surface area (Å²) in [6.07, 6.45) is 0.992. The molecule has 1 aromatic carbocycles. The molecule has 0 bridgehead atoms. The molecule has 2 nitrogen and oxygen atoms in total. The summed E-state index contributed by atoms with van der Waals surface area (Å²) in [6, 6.07) is 11.2. The van der Waals surface area contributed by atoms with Gasteiger partial charge in [-0.2, -0.15) is 5.26 Å². The molecule has 0 aliphatic carbocycles. The van der Waals surface area contributed by atoms with E-state index in [1.807, 2.05) is 0 Å². The quantitative estimate of drug-likeness (QED) is 0.697. The molecule has 1 fully saturated rings. The van der Waals surface area contributed by atoms with Crippen LogP contribution in [-0.2, 0) is 0 Å². The molecule has 15 heavy (non-hydrogen) atoms. The standard InChI is InChI=1S/C13H16N2/c1-10-4-3-5-13(8-10)15-7-6-12(9-14)11(15)2/h3-5,8,11-12H,6-7H2,1-2H3. The molecular formula is C13H16N2. The molecule has 2 atom stereocenters. The fourth-order valence-corrected chi connectivity index (χ4v) is 2.28. The first kappa shape index (κ1) is 10.0. The normalized spacial score (nSPS) is 25.3. The molecule has 1 aliphatic rings. The summed E-state index contributed by atoms with van der Waals surface area (Å²) < 4.78 is 0. The Hall–Kier alpha value is -1.49. The second-order valence-corrected chi connectivity index (χ2v) is 4.30. The molecule has 2 heteroatoms. The Morgan fingerprint density at radius 3 is 2.87 bits per heavy atom. The van der Waals surface area contributed by atoms with Crippen molar-refractivity contribution in [1.29, 1.82) is 5.26 Å². The zero-order chi connectivity index (χ0) is 10.8. The molecule has 1 heterocycles. The van der Waals surface area contributed by atoms with Gasteiger partial charge in [0.15, 0.2) is 0 Å². The van der Waals surface area contributed by atoms with Crippen molar-refractivity contribution in [2.75, 3.05) is 11.4 Å². The van der Waals surface area contributed by atoms with Crippen molar-refractivity contribution in [2.24, 2.45) is 5.92 Å². The number of nitrogens with zero attached hydrogens (tertiary/aromatic N) is 2. The number of aryl methyl sites for hydroxylation is 1. The third kappa shape index (κ3) is 1.83. The highest BCUT2D eigenvalue weighted by Crippen LogP contribution is 2.29. The smallest absolute Gasteiger partial charge is 0.0681 e. The first-order valence-corrected chi connectivity index (χ1v) is 5.45. The summed E-state index contributed by atoms with van der Waals surface area (Å²) in [6.45, 7) is 5.25. The van der Waals surface area contributed by atoms with Gasteiger partial charge in [-0.05, 0) is 38.0 Å². The van der Waals surface area contributed by atoms with Crippen molar-refractivity contribution in [3.8, 4) is 6.07 Å². The largest absolute Gasteiger partial charge is 0.367 e. The van der Waals surface area contributed by atoms with Crippen LogP contribution in [0.25, 0.3) is 0 Å². The maximum Gasteiger partial charge on any atom is 0.0681 e. The van der Waals surface area contributed by atoms with Gasteiger partial charge in [0.05, 0.1) is 12.0 Å². The SMILES string of the molecule is Cc1cccc(N2CCC(C#N)C2C)c1. The van der Waals surface area contributed by atoms with E-state index in [9.17, 15) is 0 Å². The van der Waals surface area contributed by atoms with E-state index in [-0.39, 0.29) is 5.92 Å². The van der Waals surface area contributed by atoms with Gasteiger partial charge in [-0.3, -0.25) is 0 Å². The Morgan fingerprint density at radius 2 is 2.27 bits per heavy atom. The Bertz CT molecular complexity index is 392. The molecule has 0 radical (unpaired) electrons. The van der Waals surface area contributed by atoms with Gasteiger partial charge >= 0.3 is 0 Å². The zero-order valence-electron chi connectivity index (χ0n) is 9.27. The average Bonchev–Trinajstić information content (AvgIpc) is 2.59. The van der Waals surface area contributed by atoms with E-state index in [2.05, 4.69) is 49.1 Å². The first-order chi connectivity index (χ1) is 7.22. The van der Waals surface area contributed by atoms with Gasteiger partial charge in [0.2, 0.25) is 0 Å². The highest BCUT2D eigenvalue weighted by Gasteiger charge is 2.30. The number of anilines is 1. The molecule has 1 aromatic rings. The minimum Gasteiger partial charge on any atom is -0.367 e. The fourth-order valence-electron chi connectivity index (χ4n) is 2.28. The van der Waals surface area contributed by atoms with E-state index in [0.717, 1.165) is 13.0 Å². The number of hydrogen-bond donors (Lipinski definition) is 0. The van der Waals surface area contributed by atoms with Crippen LogP contribution in [0, 0.1) is 24.2 Å². The second kappa shape index (κ2) is 3.94. The van der Waals surface area contributed by atoms with Crippen molar-refractivity contribution in [3.63, 3.8) is 0 Å². The van der Waals surface area contributed by atoms with Crippen LogP contribution >= 0.6 is 0 Å². The molecule has 0 N–H and O–H groups in total. The number of rotatable bonds is 1. The van der Waals surface area contributed by atoms with Gasteiger partial charge in [0.1, 0.15) is 0 Å². The van der Waals surface area contributed by atoms with Gasteiger partial charge < -0.3 is 4.90 Å². The van der Waals surface area contributed by atoms with E-state index in [0.29, 0.717) is 6.04 Å². The van der Waals surface area contributed by atoms with Gasteiger partial charge in [-0.15, -0.1) is 0 Å². The van der Waals surface area contributed by atoms with Gasteiger partial charge in [-0.25, -0.2) is 0 Å². The van der Waals surface area contributed by atoms with Crippen LogP contribution in [0.2, 0.25) is 0 Å². The van der Waals surface area contributed by atoms with E-state index in [1.54, 1.807) is 0 Å². The fraction of sp³-hybridized carbons (Fsp3) is 0.462. The van der Waals surface area contributed by atoms with Crippen LogP contribution in [0.4, 0.5) is 5.69 Å². The van der Waals surface area contributed by atoms with Crippen molar-refractivity contribution in [2.45, 2.75) is 26.3 Å². The first-order valence-electron chi connectivity index (χ1n) is 5.45. The third-order valence-corrected chi connectivity index (χ3v) is 3.25. The van der Waals surface area contributed by atoms with E-state index >= 15 is 0 Å². The number of hydrogen-bond acceptors (Lipinski definition) is 2. The highest BCUT2D eigenvalue weighted by atomic mass is 15.2. The Labute approximate surface area is 91.1 Å². The van der Waals surface area contributed by atoms with Gasteiger partial charge in [0.25, 0.3) is 0 Å². The predicted molar refractivity (Wildman–Crippen MR) is 61.7 cm³/mol. The molecule has 2 rings (SSSR count). The highest BCUT2D eigenvalue weighted by molar-refractivity contribution is 5.50. The molecular weight excluding hydrogens is 184 g/mol. The summed E-state index contributed by atoms with van der Waals surface area (Å²) >= 11 is 0. The van der Waals surface area contributed by atoms with Crippen LogP contribution < -0.4 is 4.90 Å². The van der Waals surface area contributed by atoms with Crippen LogP contribution in [0.15, 0.2) is 24.3 Å². The summed E-state index contributed by atoms with van der Waals surface area (Å²) in [5.41, 5.74) is 2.53. The second-order valence-electron chi connectivity index (χ2n) is 4.30. The lowest BCUT2D eigenvalue weighted by atomic mass is 10.0. The average molecular weight is 200 g/mol. The maximum atomic E-state index is 8.98. The Morgan fingerprint density at radius 1 is 1.47 bits per heavy atom. The Kier molecular flexibility index (Phi) is 2.64. The minimum atomic E-state index is 0.186. The number of nitriles is 1. The van der Waals surface area contributed by atoms with Crippen molar-refractivity contribution in [1.82, 2.24) is 0 Å². The van der Waals surface area contributed by atoms with Crippen LogP contribution in [0.1, 0.15) is 18.9 Å². The predicted octanol–water partition coefficient (Wildman–Crippen LogP) is 2.73. The lowest BCUT2D eigenvalue weighted by Crippen LogP contribution is -2.29. The van der Waals surface area contributed by atoms with Crippen LogP contribution in [0.3, 0.4) is 0 Å². The van der Waals surface area contributed by atoms with Gasteiger partial charge in [0, 0.05) is 18.3 Å². The molecule has 78 valence electrons. The van der Waals surface area contributed by atoms with E-state index in [4.69, 9.17) is 5.26 Å². The lowest BCUT2D eigenvalue weighted by Gasteiger charge is -2.25. The molecule has 0 spiro atoms. The molecule has 0 saturated carbocycles. The summed E-state index contributed by atoms with van der Waals surface area (Å²) in [5.74, 6) is 0.186. The maximum absolute atomic E-state index is 8.98. The third-order valence-electron chi connectivity index (χ3n) is 3.25. The Balaban J connectivity index is 2.23. The number of benzene rings is 1. The van der Waals surface area contributed by atoms with Crippen LogP contribution in [0.5, 0.6) is 0 Å².